The van der Waals surface area contributed by atoms with Gasteiger partial charge in [0.15, 0.2) is 6.10 Å². The quantitative estimate of drug-likeness (QED) is 0.573. The van der Waals surface area contributed by atoms with Crippen molar-refractivity contribution in [1.29, 1.82) is 0 Å². The lowest BCUT2D eigenvalue weighted by molar-refractivity contribution is -0.137. The Kier molecular flexibility index (Phi) is 7.03. The third-order valence-electron chi connectivity index (χ3n) is 5.11. The lowest BCUT2D eigenvalue weighted by atomic mass is 10.0. The number of aryl methyl sites for hydroxylation is 1. The van der Waals surface area contributed by atoms with Crippen LogP contribution in [0.2, 0.25) is 0 Å². The third kappa shape index (κ3) is 6.32. The summed E-state index contributed by atoms with van der Waals surface area (Å²) in [5, 5.41) is 4.17. The highest BCUT2D eigenvalue weighted by molar-refractivity contribution is 6.01. The number of oxime groups is 1. The zero-order chi connectivity index (χ0) is 22.6. The number of benzene rings is 2. The predicted octanol–water partition coefficient (Wildman–Crippen LogP) is 5.58. The molecule has 0 saturated carbocycles. The first-order valence-electron chi connectivity index (χ1n) is 10.4. The highest BCUT2D eigenvalue weighted by Crippen LogP contribution is 2.30. The second kappa shape index (κ2) is 9.54. The van der Waals surface area contributed by atoms with Crippen molar-refractivity contribution in [1.82, 2.24) is 4.90 Å². The molecule has 0 aromatic heterocycles. The Labute approximate surface area is 180 Å². The molecule has 1 aliphatic heterocycles. The number of alkyl halides is 3. The largest absolute Gasteiger partial charge is 0.416 e. The number of rotatable bonds is 7. The molecule has 1 heterocycles. The van der Waals surface area contributed by atoms with Crippen LogP contribution in [0.15, 0.2) is 53.7 Å². The molecular formula is C24H27F3N2O2. The second-order valence-corrected chi connectivity index (χ2v) is 8.41. The number of carbonyl (C=O) groups is 1. The smallest absolute Gasteiger partial charge is 0.390 e. The average molecular weight is 432 g/mol. The topological polar surface area (TPSA) is 41.9 Å². The summed E-state index contributed by atoms with van der Waals surface area (Å²) >= 11 is 0. The number of amides is 1. The van der Waals surface area contributed by atoms with Gasteiger partial charge in [-0.1, -0.05) is 61.0 Å². The van der Waals surface area contributed by atoms with Crippen molar-refractivity contribution in [2.75, 3.05) is 6.54 Å². The van der Waals surface area contributed by atoms with E-state index in [0.29, 0.717) is 18.4 Å². The lowest BCUT2D eigenvalue weighted by Gasteiger charge is -2.26. The van der Waals surface area contributed by atoms with Crippen LogP contribution in [-0.4, -0.2) is 29.2 Å². The number of carbonyl (C=O) groups excluding carboxylic acids is 1. The maximum atomic E-state index is 13.1. The minimum Gasteiger partial charge on any atom is -0.390 e. The van der Waals surface area contributed by atoms with Crippen LogP contribution in [-0.2, 0) is 22.4 Å². The van der Waals surface area contributed by atoms with E-state index in [1.54, 1.807) is 11.0 Å². The van der Waals surface area contributed by atoms with Gasteiger partial charge in [-0.15, -0.1) is 0 Å². The van der Waals surface area contributed by atoms with Gasteiger partial charge in [-0.2, -0.15) is 13.2 Å². The Balaban J connectivity index is 1.71. The summed E-state index contributed by atoms with van der Waals surface area (Å²) in [5.41, 5.74) is 2.63. The van der Waals surface area contributed by atoms with Crippen LogP contribution in [0.3, 0.4) is 0 Å². The summed E-state index contributed by atoms with van der Waals surface area (Å²) < 4.78 is 39.2. The average Bonchev–Trinajstić information content (AvgIpc) is 3.15. The highest BCUT2D eigenvalue weighted by atomic mass is 19.4. The molecule has 0 radical (unpaired) electrons. The van der Waals surface area contributed by atoms with Crippen LogP contribution in [0.25, 0.3) is 0 Å². The molecule has 0 saturated heterocycles. The predicted molar refractivity (Wildman–Crippen MR) is 114 cm³/mol. The van der Waals surface area contributed by atoms with E-state index < -0.39 is 11.7 Å². The molecule has 0 bridgehead atoms. The van der Waals surface area contributed by atoms with Crippen molar-refractivity contribution in [2.24, 2.45) is 11.1 Å². The van der Waals surface area contributed by atoms with Gasteiger partial charge in [0.1, 0.15) is 0 Å². The first-order chi connectivity index (χ1) is 14.6. The molecule has 1 atom stereocenters. The van der Waals surface area contributed by atoms with Gasteiger partial charge in [0.25, 0.3) is 0 Å². The molecular weight excluding hydrogens is 405 g/mol. The van der Waals surface area contributed by atoms with Crippen LogP contribution in [0.1, 0.15) is 48.9 Å². The van der Waals surface area contributed by atoms with E-state index in [2.05, 4.69) is 5.16 Å². The molecule has 4 nitrogen and oxygen atoms in total. The van der Waals surface area contributed by atoms with Crippen molar-refractivity contribution in [3.05, 3.63) is 70.8 Å². The minimum atomic E-state index is -4.42. The minimum absolute atomic E-state index is 0.0925. The molecule has 7 heteroatoms. The normalized spacial score (nSPS) is 16.2. The van der Waals surface area contributed by atoms with E-state index in [9.17, 15) is 18.0 Å². The van der Waals surface area contributed by atoms with E-state index in [1.807, 2.05) is 45.0 Å². The van der Waals surface area contributed by atoms with Crippen LogP contribution in [0.5, 0.6) is 0 Å². The SMILES string of the molecule is Cc1ccc(C2=NO[C@@H](CN(Cc3cccc(C(F)(F)F)c3)C(=O)CC(C)C)C2)cc1. The summed E-state index contributed by atoms with van der Waals surface area (Å²) in [4.78, 5) is 20.0. The van der Waals surface area contributed by atoms with Crippen LogP contribution in [0.4, 0.5) is 13.2 Å². The molecule has 31 heavy (non-hydrogen) atoms. The van der Waals surface area contributed by atoms with E-state index >= 15 is 0 Å². The summed E-state index contributed by atoms with van der Waals surface area (Å²) in [7, 11) is 0. The molecule has 2 aromatic carbocycles. The molecule has 2 aromatic rings. The molecule has 1 amide bonds. The van der Waals surface area contributed by atoms with Gasteiger partial charge in [-0.05, 0) is 36.1 Å². The summed E-state index contributed by atoms with van der Waals surface area (Å²) in [6.07, 6.45) is -3.90. The number of nitrogens with zero attached hydrogens (tertiary/aromatic N) is 2. The van der Waals surface area contributed by atoms with E-state index in [0.717, 1.165) is 29.0 Å². The van der Waals surface area contributed by atoms with Gasteiger partial charge < -0.3 is 9.74 Å². The fourth-order valence-electron chi connectivity index (χ4n) is 3.49. The van der Waals surface area contributed by atoms with Crippen LogP contribution in [0, 0.1) is 12.8 Å². The Hall–Kier alpha value is -2.83. The van der Waals surface area contributed by atoms with Gasteiger partial charge in [0.05, 0.1) is 17.8 Å². The molecule has 0 spiro atoms. The Morgan fingerprint density at radius 3 is 2.55 bits per heavy atom. The van der Waals surface area contributed by atoms with Gasteiger partial charge in [0, 0.05) is 19.4 Å². The Morgan fingerprint density at radius 1 is 1.19 bits per heavy atom. The molecule has 166 valence electrons. The number of hydrogen-bond acceptors (Lipinski definition) is 3. The lowest BCUT2D eigenvalue weighted by Crippen LogP contribution is -2.37. The second-order valence-electron chi connectivity index (χ2n) is 8.41. The van der Waals surface area contributed by atoms with Crippen LogP contribution >= 0.6 is 0 Å². The molecule has 0 aliphatic carbocycles. The van der Waals surface area contributed by atoms with Crippen molar-refractivity contribution >= 4 is 11.6 Å². The van der Waals surface area contributed by atoms with Crippen molar-refractivity contribution in [3.63, 3.8) is 0 Å². The van der Waals surface area contributed by atoms with E-state index in [4.69, 9.17) is 4.84 Å². The Bertz CT molecular complexity index is 937. The summed E-state index contributed by atoms with van der Waals surface area (Å²) in [6, 6.07) is 13.1. The number of hydrogen-bond donors (Lipinski definition) is 0. The first-order valence-corrected chi connectivity index (χ1v) is 10.4. The monoisotopic (exact) mass is 432 g/mol. The molecule has 1 aliphatic rings. The molecule has 0 fully saturated rings. The van der Waals surface area contributed by atoms with E-state index in [-0.39, 0.29) is 31.0 Å². The fourth-order valence-corrected chi connectivity index (χ4v) is 3.49. The van der Waals surface area contributed by atoms with Gasteiger partial charge in [-0.25, -0.2) is 0 Å². The zero-order valence-corrected chi connectivity index (χ0v) is 17.9. The van der Waals surface area contributed by atoms with Crippen molar-refractivity contribution < 1.29 is 22.8 Å². The van der Waals surface area contributed by atoms with Crippen molar-refractivity contribution in [3.8, 4) is 0 Å². The zero-order valence-electron chi connectivity index (χ0n) is 17.9. The van der Waals surface area contributed by atoms with Gasteiger partial charge >= 0.3 is 6.18 Å². The van der Waals surface area contributed by atoms with Gasteiger partial charge in [-0.3, -0.25) is 4.79 Å². The maximum Gasteiger partial charge on any atom is 0.416 e. The van der Waals surface area contributed by atoms with Crippen molar-refractivity contribution in [2.45, 2.75) is 52.4 Å². The maximum absolute atomic E-state index is 13.1. The Morgan fingerprint density at radius 2 is 1.90 bits per heavy atom. The molecule has 0 N–H and O–H groups in total. The van der Waals surface area contributed by atoms with E-state index in [1.165, 1.54) is 6.07 Å². The summed E-state index contributed by atoms with van der Waals surface area (Å²) in [5.74, 6) is 0.0279. The third-order valence-corrected chi connectivity index (χ3v) is 5.11. The summed E-state index contributed by atoms with van der Waals surface area (Å²) in [6.45, 7) is 6.23. The highest BCUT2D eigenvalue weighted by Gasteiger charge is 2.31. The first kappa shape index (κ1) is 22.8. The van der Waals surface area contributed by atoms with Crippen LogP contribution < -0.4 is 0 Å². The fraction of sp³-hybridized carbons (Fsp3) is 0.417. The molecule has 0 unspecified atom stereocenters. The number of halogens is 3. The standard InChI is InChI=1S/C24H27F3N2O2/c1-16(2)11-23(30)29(14-18-5-4-6-20(12-18)24(25,26)27)15-21-13-22(28-31-21)19-9-7-17(3)8-10-19/h4-10,12,16,21H,11,13-15H2,1-3H3/t21-/m1/s1. The van der Waals surface area contributed by atoms with Gasteiger partial charge in [0.2, 0.25) is 5.91 Å². The molecule has 3 rings (SSSR count).